The molecule has 4 heterocycles. The molecule has 0 amide bonds. The first-order valence-corrected chi connectivity index (χ1v) is 18.2. The van der Waals surface area contributed by atoms with E-state index in [4.69, 9.17) is 4.98 Å². The van der Waals surface area contributed by atoms with Gasteiger partial charge in [-0.25, -0.2) is 0 Å². The summed E-state index contributed by atoms with van der Waals surface area (Å²) in [4.78, 5) is 9.51. The lowest BCUT2D eigenvalue weighted by molar-refractivity contribution is -0.744. The quantitative estimate of drug-likeness (QED) is 0.145. The first kappa shape index (κ1) is 35.2. The summed E-state index contributed by atoms with van der Waals surface area (Å²) in [7, 11) is 0. The van der Waals surface area contributed by atoms with Gasteiger partial charge in [0.2, 0.25) is 6.33 Å². The van der Waals surface area contributed by atoms with E-state index < -0.39 is 5.66 Å². The van der Waals surface area contributed by atoms with E-state index in [0.29, 0.717) is 0 Å². The number of nitrogens with zero attached hydrogens (tertiary/aromatic N) is 5. The SMILES string of the molecule is CC(C)(C)c1cc(-n2[c-][n+](C(C)(C)n3cc(-c4cc(-c5ccccc5C(C)(C)C)ccn4)c4ccncc43)c3ccccc32)c(O)c(C(C)(C)C)c1. The third-order valence-corrected chi connectivity index (χ3v) is 10.4. The van der Waals surface area contributed by atoms with Crippen molar-refractivity contribution in [1.82, 2.24) is 19.1 Å². The van der Waals surface area contributed by atoms with Crippen molar-refractivity contribution in [3.8, 4) is 33.8 Å². The summed E-state index contributed by atoms with van der Waals surface area (Å²) in [6.07, 6.45) is 11.6. The molecule has 0 saturated carbocycles. The van der Waals surface area contributed by atoms with Crippen LogP contribution in [0.3, 0.4) is 0 Å². The van der Waals surface area contributed by atoms with Crippen LogP contribution in [0.2, 0.25) is 0 Å². The number of benzene rings is 3. The maximum atomic E-state index is 11.9. The van der Waals surface area contributed by atoms with Crippen LogP contribution in [0, 0.1) is 6.33 Å². The molecular weight excluding hydrogens is 639 g/mol. The summed E-state index contributed by atoms with van der Waals surface area (Å²) >= 11 is 0. The topological polar surface area (TPSA) is 59.8 Å². The summed E-state index contributed by atoms with van der Waals surface area (Å²) in [6.45, 7) is 24.3. The van der Waals surface area contributed by atoms with Crippen LogP contribution in [0.5, 0.6) is 5.75 Å². The summed E-state index contributed by atoms with van der Waals surface area (Å²) < 4.78 is 6.49. The van der Waals surface area contributed by atoms with Gasteiger partial charge in [0.1, 0.15) is 5.75 Å². The zero-order chi connectivity index (χ0) is 37.4. The van der Waals surface area contributed by atoms with Gasteiger partial charge < -0.3 is 14.2 Å². The number of fused-ring (bicyclic) bond motifs is 2. The van der Waals surface area contributed by atoms with E-state index in [-0.39, 0.29) is 22.0 Å². The number of aromatic nitrogens is 5. The second-order valence-corrected chi connectivity index (χ2v) is 17.7. The maximum absolute atomic E-state index is 11.9. The smallest absolute Gasteiger partial charge is 0.246 e. The highest BCUT2D eigenvalue weighted by Crippen LogP contribution is 2.41. The summed E-state index contributed by atoms with van der Waals surface area (Å²) in [5.74, 6) is 0.277. The van der Waals surface area contributed by atoms with Gasteiger partial charge in [-0.15, -0.1) is 0 Å². The van der Waals surface area contributed by atoms with Gasteiger partial charge in [-0.2, -0.15) is 0 Å². The molecule has 0 aliphatic heterocycles. The van der Waals surface area contributed by atoms with Crippen molar-refractivity contribution in [2.75, 3.05) is 0 Å². The van der Waals surface area contributed by atoms with Crippen molar-refractivity contribution in [1.29, 1.82) is 0 Å². The minimum Gasteiger partial charge on any atom is -0.513 e. The third kappa shape index (κ3) is 5.98. The fourth-order valence-electron chi connectivity index (χ4n) is 7.42. The lowest BCUT2D eigenvalue weighted by atomic mass is 9.79. The molecule has 0 atom stereocenters. The largest absolute Gasteiger partial charge is 0.513 e. The fraction of sp³-hybridized carbons (Fsp3) is 0.326. The molecule has 0 aliphatic rings. The number of imidazole rings is 1. The normalized spacial score (nSPS) is 13.0. The molecule has 0 radical (unpaired) electrons. The third-order valence-electron chi connectivity index (χ3n) is 10.4. The van der Waals surface area contributed by atoms with Gasteiger partial charge in [-0.3, -0.25) is 14.5 Å². The Hall–Kier alpha value is -5.23. The van der Waals surface area contributed by atoms with Crippen LogP contribution in [0.4, 0.5) is 0 Å². The molecule has 1 N–H and O–H groups in total. The minimum atomic E-state index is -0.648. The standard InChI is InChI=1S/C46H51N5O/c1-43(2,3)31-25-36(45(7,8)9)42(52)40(26-31)49-29-51(39-19-15-14-18-38(39)49)46(10,11)50-28-34(33-21-22-47-27-41(33)50)37-24-30(20-23-48-37)32-16-12-13-17-35(32)44(4,5)6/h12-28,52H,1-11H3. The molecule has 4 aromatic heterocycles. The van der Waals surface area contributed by atoms with Gasteiger partial charge in [-0.1, -0.05) is 123 Å². The Morgan fingerprint density at radius 2 is 1.37 bits per heavy atom. The van der Waals surface area contributed by atoms with Crippen molar-refractivity contribution in [3.63, 3.8) is 0 Å². The van der Waals surface area contributed by atoms with Gasteiger partial charge >= 0.3 is 0 Å². The zero-order valence-electron chi connectivity index (χ0n) is 32.5. The minimum absolute atomic E-state index is 0.00217. The Balaban J connectivity index is 1.42. The molecule has 6 nitrogen and oxygen atoms in total. The summed E-state index contributed by atoms with van der Waals surface area (Å²) in [6, 6.07) is 27.7. The number of para-hydroxylation sites is 2. The molecule has 0 unspecified atom stereocenters. The molecule has 0 fully saturated rings. The highest BCUT2D eigenvalue weighted by Gasteiger charge is 2.32. The Bertz CT molecular complexity index is 2460. The number of rotatable bonds is 5. The molecule has 6 heteroatoms. The second kappa shape index (κ2) is 12.2. The first-order chi connectivity index (χ1) is 24.4. The number of hydrogen-bond acceptors (Lipinski definition) is 3. The van der Waals surface area contributed by atoms with Crippen LogP contribution in [-0.2, 0) is 21.9 Å². The zero-order valence-corrected chi connectivity index (χ0v) is 32.5. The summed E-state index contributed by atoms with van der Waals surface area (Å²) in [5, 5.41) is 13.0. The lowest BCUT2D eigenvalue weighted by Gasteiger charge is -2.28. The van der Waals surface area contributed by atoms with E-state index in [0.717, 1.165) is 55.6 Å². The number of pyridine rings is 2. The predicted molar refractivity (Wildman–Crippen MR) is 213 cm³/mol. The second-order valence-electron chi connectivity index (χ2n) is 17.7. The van der Waals surface area contributed by atoms with E-state index in [2.05, 4.69) is 176 Å². The molecular formula is C46H51N5O. The molecule has 0 saturated heterocycles. The van der Waals surface area contributed by atoms with Gasteiger partial charge in [0.15, 0.2) is 5.66 Å². The van der Waals surface area contributed by atoms with Crippen molar-refractivity contribution >= 4 is 21.9 Å². The Kier molecular flexibility index (Phi) is 8.24. The molecule has 7 rings (SSSR count). The van der Waals surface area contributed by atoms with Gasteiger partial charge in [0.05, 0.1) is 34.1 Å². The predicted octanol–water partition coefficient (Wildman–Crippen LogP) is 10.6. The molecule has 266 valence electrons. The van der Waals surface area contributed by atoms with Gasteiger partial charge in [-0.05, 0) is 76.1 Å². The highest BCUT2D eigenvalue weighted by atomic mass is 16.3. The summed E-state index contributed by atoms with van der Waals surface area (Å²) in [5.41, 5.74) is 10.3. The molecule has 0 spiro atoms. The van der Waals surface area contributed by atoms with E-state index in [1.165, 1.54) is 11.1 Å². The van der Waals surface area contributed by atoms with Gasteiger partial charge in [0, 0.05) is 29.5 Å². The monoisotopic (exact) mass is 689 g/mol. The highest BCUT2D eigenvalue weighted by molar-refractivity contribution is 5.95. The van der Waals surface area contributed by atoms with E-state index in [1.54, 1.807) is 0 Å². The number of phenolic OH excluding ortho intramolecular Hbond substituents is 1. The Morgan fingerprint density at radius 3 is 2.08 bits per heavy atom. The molecule has 7 aromatic rings. The Morgan fingerprint density at radius 1 is 0.673 bits per heavy atom. The van der Waals surface area contributed by atoms with Crippen LogP contribution in [0.15, 0.2) is 104 Å². The molecule has 52 heavy (non-hydrogen) atoms. The van der Waals surface area contributed by atoms with Crippen LogP contribution >= 0.6 is 0 Å². The van der Waals surface area contributed by atoms with Crippen molar-refractivity contribution < 1.29 is 9.67 Å². The van der Waals surface area contributed by atoms with Crippen molar-refractivity contribution in [3.05, 3.63) is 127 Å². The van der Waals surface area contributed by atoms with E-state index in [1.807, 2.05) is 29.2 Å². The van der Waals surface area contributed by atoms with Crippen LogP contribution in [0.1, 0.15) is 92.9 Å². The van der Waals surface area contributed by atoms with Crippen LogP contribution < -0.4 is 4.57 Å². The van der Waals surface area contributed by atoms with Gasteiger partial charge in [0.25, 0.3) is 0 Å². The number of hydrogen-bond donors (Lipinski definition) is 1. The van der Waals surface area contributed by atoms with Crippen LogP contribution in [0.25, 0.3) is 50.0 Å². The first-order valence-electron chi connectivity index (χ1n) is 18.2. The van der Waals surface area contributed by atoms with Crippen LogP contribution in [-0.4, -0.2) is 24.2 Å². The van der Waals surface area contributed by atoms with Crippen molar-refractivity contribution in [2.24, 2.45) is 0 Å². The molecule has 3 aromatic carbocycles. The molecule has 0 aliphatic carbocycles. The fourth-order valence-corrected chi connectivity index (χ4v) is 7.42. The average molecular weight is 690 g/mol. The average Bonchev–Trinajstić information content (AvgIpc) is 3.68. The number of phenols is 1. The lowest BCUT2D eigenvalue weighted by Crippen LogP contribution is -2.56. The number of aromatic hydroxyl groups is 1. The maximum Gasteiger partial charge on any atom is 0.246 e. The van der Waals surface area contributed by atoms with Crippen molar-refractivity contribution in [2.45, 2.75) is 98.1 Å². The molecule has 0 bridgehead atoms. The van der Waals surface area contributed by atoms with E-state index >= 15 is 0 Å². The van der Waals surface area contributed by atoms with E-state index in [9.17, 15) is 5.11 Å². The Labute approximate surface area is 308 Å².